The van der Waals surface area contributed by atoms with E-state index in [2.05, 4.69) is 37.1 Å². The van der Waals surface area contributed by atoms with Crippen LogP contribution in [0.1, 0.15) is 18.9 Å². The Bertz CT molecular complexity index is 324. The van der Waals surface area contributed by atoms with Gasteiger partial charge in [-0.25, -0.2) is 0 Å². The molecule has 0 heterocycles. The second kappa shape index (κ2) is 8.20. The first-order chi connectivity index (χ1) is 8.24. The molecule has 1 atom stereocenters. The van der Waals surface area contributed by atoms with Gasteiger partial charge in [0.1, 0.15) is 0 Å². The fourth-order valence-electron chi connectivity index (χ4n) is 1.64. The minimum atomic E-state index is -0.376. The first-order valence-corrected chi connectivity index (χ1v) is 8.78. The molecule has 0 saturated carbocycles. The molecule has 1 rings (SSSR count). The summed E-state index contributed by atoms with van der Waals surface area (Å²) in [5.41, 5.74) is 1.59. The van der Waals surface area contributed by atoms with E-state index in [0.717, 1.165) is 19.6 Å². The largest absolute Gasteiger partial charge is 0.382 e. The van der Waals surface area contributed by atoms with Crippen LogP contribution in [0.25, 0.3) is 0 Å². The number of rotatable bonds is 7. The van der Waals surface area contributed by atoms with E-state index >= 15 is 0 Å². The molecular weight excluding hydrogens is 226 g/mol. The van der Waals surface area contributed by atoms with E-state index in [4.69, 9.17) is 4.74 Å². The Kier molecular flexibility index (Phi) is 6.82. The van der Waals surface area contributed by atoms with Gasteiger partial charge < -0.3 is 4.74 Å². The molecule has 1 radical (unpaired) electrons. The topological polar surface area (TPSA) is 21.6 Å². The van der Waals surface area contributed by atoms with E-state index in [-0.39, 0.29) is 8.80 Å². The molecule has 2 nitrogen and oxygen atoms in total. The zero-order valence-electron chi connectivity index (χ0n) is 11.0. The molecule has 0 aliphatic rings. The third kappa shape index (κ3) is 5.80. The van der Waals surface area contributed by atoms with Gasteiger partial charge in [0, 0.05) is 25.1 Å². The lowest BCUT2D eigenvalue weighted by atomic mass is 10.2. The van der Waals surface area contributed by atoms with Crippen molar-refractivity contribution in [1.29, 1.82) is 0 Å². The maximum Gasteiger partial charge on any atom is 0.0784 e. The summed E-state index contributed by atoms with van der Waals surface area (Å²) in [4.78, 5) is 4.46. The summed E-state index contributed by atoms with van der Waals surface area (Å²) >= 11 is 0. The highest BCUT2D eigenvalue weighted by atomic mass is 28.3. The van der Waals surface area contributed by atoms with Gasteiger partial charge in [-0.15, -0.1) is 0 Å². The molecule has 3 heteroatoms. The maximum atomic E-state index is 5.73. The monoisotopic (exact) mass is 248 g/mol. The number of nitrogens with zero attached hydrogens (tertiary/aromatic N) is 1. The van der Waals surface area contributed by atoms with Crippen LogP contribution in [-0.2, 0) is 4.74 Å². The van der Waals surface area contributed by atoms with Crippen LogP contribution in [-0.4, -0.2) is 33.9 Å². The second-order valence-electron chi connectivity index (χ2n) is 4.26. The van der Waals surface area contributed by atoms with E-state index < -0.39 is 0 Å². The highest BCUT2D eigenvalue weighted by Crippen LogP contribution is 2.04. The molecule has 0 aliphatic heterocycles. The Labute approximate surface area is 106 Å². The van der Waals surface area contributed by atoms with Gasteiger partial charge in [-0.1, -0.05) is 43.4 Å². The van der Waals surface area contributed by atoms with Crippen molar-refractivity contribution in [2.24, 2.45) is 4.99 Å². The average molecular weight is 248 g/mol. The Hall–Kier alpha value is -0.933. The van der Waals surface area contributed by atoms with Crippen LogP contribution in [0, 0.1) is 0 Å². The summed E-state index contributed by atoms with van der Waals surface area (Å²) in [5, 5.41) is 0. The molecule has 0 bridgehead atoms. The third-order valence-electron chi connectivity index (χ3n) is 2.57. The quantitative estimate of drug-likeness (QED) is 0.536. The minimum absolute atomic E-state index is 0.376. The van der Waals surface area contributed by atoms with Crippen LogP contribution in [0.2, 0.25) is 13.1 Å². The molecule has 0 amide bonds. The Morgan fingerprint density at radius 2 is 2.00 bits per heavy atom. The first-order valence-electron chi connectivity index (χ1n) is 6.20. The van der Waals surface area contributed by atoms with Gasteiger partial charge >= 0.3 is 0 Å². The van der Waals surface area contributed by atoms with Crippen molar-refractivity contribution < 1.29 is 4.74 Å². The molecular formula is C14H22NOSi. The summed E-state index contributed by atoms with van der Waals surface area (Å²) in [6.07, 6.45) is 2.99. The molecule has 0 fully saturated rings. The van der Waals surface area contributed by atoms with E-state index in [0.29, 0.717) is 5.73 Å². The molecule has 1 aromatic rings. The minimum Gasteiger partial charge on any atom is -0.382 e. The number of benzene rings is 1. The Morgan fingerprint density at radius 1 is 1.29 bits per heavy atom. The SMILES string of the molecule is CCOC(CCN=Cc1ccccc1)[Si](C)C. The molecule has 93 valence electrons. The van der Waals surface area contributed by atoms with Crippen LogP contribution in [0.4, 0.5) is 0 Å². The molecule has 0 aliphatic carbocycles. The van der Waals surface area contributed by atoms with Crippen molar-refractivity contribution in [3.05, 3.63) is 35.9 Å². The summed E-state index contributed by atoms with van der Waals surface area (Å²) < 4.78 is 5.73. The van der Waals surface area contributed by atoms with Crippen LogP contribution in [0.5, 0.6) is 0 Å². The molecule has 0 N–H and O–H groups in total. The highest BCUT2D eigenvalue weighted by molar-refractivity contribution is 6.57. The standard InChI is InChI=1S/C14H22NOSi/c1-4-16-14(17(2)3)10-11-15-12-13-8-6-5-7-9-13/h5-9,12,14H,4,10-11H2,1-3H3. The summed E-state index contributed by atoms with van der Waals surface area (Å²) in [7, 11) is -0.376. The van der Waals surface area contributed by atoms with E-state index in [1.807, 2.05) is 24.4 Å². The Balaban J connectivity index is 2.33. The number of hydrogen-bond donors (Lipinski definition) is 0. The molecule has 0 saturated heterocycles. The van der Waals surface area contributed by atoms with Gasteiger partial charge in [0.2, 0.25) is 0 Å². The van der Waals surface area contributed by atoms with Crippen LogP contribution in [0.3, 0.4) is 0 Å². The van der Waals surface area contributed by atoms with Crippen molar-refractivity contribution in [3.63, 3.8) is 0 Å². The lowest BCUT2D eigenvalue weighted by Gasteiger charge is -2.18. The van der Waals surface area contributed by atoms with Crippen molar-refractivity contribution in [2.45, 2.75) is 32.2 Å². The fraction of sp³-hybridized carbons (Fsp3) is 0.500. The van der Waals surface area contributed by atoms with Crippen LogP contribution >= 0.6 is 0 Å². The molecule has 1 aromatic carbocycles. The van der Waals surface area contributed by atoms with Crippen molar-refractivity contribution >= 4 is 15.0 Å². The zero-order chi connectivity index (χ0) is 12.5. The van der Waals surface area contributed by atoms with Gasteiger partial charge in [-0.05, 0) is 18.9 Å². The van der Waals surface area contributed by atoms with Crippen LogP contribution < -0.4 is 0 Å². The highest BCUT2D eigenvalue weighted by Gasteiger charge is 2.13. The van der Waals surface area contributed by atoms with Gasteiger partial charge in [0.15, 0.2) is 0 Å². The lowest BCUT2D eigenvalue weighted by Crippen LogP contribution is -2.28. The maximum absolute atomic E-state index is 5.73. The first kappa shape index (κ1) is 14.1. The number of aliphatic imine (C=N–C) groups is 1. The molecule has 0 spiro atoms. The number of ether oxygens (including phenoxy) is 1. The Morgan fingerprint density at radius 3 is 2.59 bits per heavy atom. The van der Waals surface area contributed by atoms with E-state index in [1.54, 1.807) is 0 Å². The van der Waals surface area contributed by atoms with Gasteiger partial charge in [0.25, 0.3) is 0 Å². The van der Waals surface area contributed by atoms with Crippen LogP contribution in [0.15, 0.2) is 35.3 Å². The normalized spacial score (nSPS) is 13.4. The summed E-state index contributed by atoms with van der Waals surface area (Å²) in [5.74, 6) is 0. The van der Waals surface area contributed by atoms with Crippen molar-refractivity contribution in [2.75, 3.05) is 13.2 Å². The van der Waals surface area contributed by atoms with Crippen molar-refractivity contribution in [3.8, 4) is 0 Å². The van der Waals surface area contributed by atoms with Gasteiger partial charge in [-0.3, -0.25) is 4.99 Å². The zero-order valence-corrected chi connectivity index (χ0v) is 12.0. The van der Waals surface area contributed by atoms with E-state index in [9.17, 15) is 0 Å². The second-order valence-corrected chi connectivity index (χ2v) is 7.05. The smallest absolute Gasteiger partial charge is 0.0784 e. The summed E-state index contributed by atoms with van der Waals surface area (Å²) in [6, 6.07) is 10.2. The molecule has 1 unspecified atom stereocenters. The van der Waals surface area contributed by atoms with E-state index in [1.165, 1.54) is 5.56 Å². The molecule has 0 aromatic heterocycles. The predicted octanol–water partition coefficient (Wildman–Crippen LogP) is 3.19. The van der Waals surface area contributed by atoms with Gasteiger partial charge in [-0.2, -0.15) is 0 Å². The predicted molar refractivity (Wildman–Crippen MR) is 76.4 cm³/mol. The van der Waals surface area contributed by atoms with Gasteiger partial charge in [0.05, 0.1) is 8.80 Å². The summed E-state index contributed by atoms with van der Waals surface area (Å²) in [6.45, 7) is 8.32. The fourth-order valence-corrected chi connectivity index (χ4v) is 2.85. The average Bonchev–Trinajstić information content (AvgIpc) is 2.34. The van der Waals surface area contributed by atoms with Crippen molar-refractivity contribution in [1.82, 2.24) is 0 Å². The third-order valence-corrected chi connectivity index (χ3v) is 4.32. The molecule has 17 heavy (non-hydrogen) atoms. The number of hydrogen-bond acceptors (Lipinski definition) is 2. The lowest BCUT2D eigenvalue weighted by molar-refractivity contribution is 0.110.